The molecule has 118 valence electrons. The molecule has 1 aliphatic heterocycles. The number of nitrogens with two attached hydrogens (primary N) is 1. The molecule has 0 amide bonds. The summed E-state index contributed by atoms with van der Waals surface area (Å²) in [5.41, 5.74) is 5.76. The predicted octanol–water partition coefficient (Wildman–Crippen LogP) is 2.10. The number of rotatable bonds is 3. The van der Waals surface area contributed by atoms with E-state index >= 15 is 0 Å². The van der Waals surface area contributed by atoms with E-state index in [0.717, 1.165) is 32.1 Å². The van der Waals surface area contributed by atoms with Gasteiger partial charge in [-0.05, 0) is 19.3 Å². The lowest BCUT2D eigenvalue weighted by molar-refractivity contribution is -0.0365. The maximum absolute atomic E-state index is 6.15. The Labute approximate surface area is 125 Å². The third kappa shape index (κ3) is 2.98. The van der Waals surface area contributed by atoms with Gasteiger partial charge in [-0.1, -0.05) is 30.8 Å². The van der Waals surface area contributed by atoms with Crippen LogP contribution in [0, 0.1) is 0 Å². The first-order valence-electron chi connectivity index (χ1n) is 7.98. The van der Waals surface area contributed by atoms with Crippen LogP contribution in [-0.4, -0.2) is 36.5 Å². The van der Waals surface area contributed by atoms with Crippen molar-refractivity contribution in [2.45, 2.75) is 62.5 Å². The third-order valence-corrected chi connectivity index (χ3v) is 4.88. The topological polar surface area (TPSA) is 83.4 Å². The monoisotopic (exact) mass is 295 g/mol. The Hall–Kier alpha value is -0.980. The van der Waals surface area contributed by atoms with Crippen molar-refractivity contribution in [3.63, 3.8) is 0 Å². The van der Waals surface area contributed by atoms with Crippen LogP contribution < -0.4 is 5.73 Å². The molecular weight excluding hydrogens is 270 g/mol. The van der Waals surface area contributed by atoms with E-state index in [-0.39, 0.29) is 12.0 Å². The maximum atomic E-state index is 6.15. The number of aromatic nitrogens is 2. The Bertz CT molecular complexity index is 455. The van der Waals surface area contributed by atoms with Crippen LogP contribution in [0.4, 0.5) is 0 Å². The lowest BCUT2D eigenvalue weighted by Crippen LogP contribution is -2.37. The summed E-state index contributed by atoms with van der Waals surface area (Å²) in [5, 5.41) is 4.21. The Morgan fingerprint density at radius 3 is 2.67 bits per heavy atom. The van der Waals surface area contributed by atoms with Gasteiger partial charge in [0, 0.05) is 19.8 Å². The van der Waals surface area contributed by atoms with Crippen molar-refractivity contribution >= 4 is 0 Å². The van der Waals surface area contributed by atoms with Gasteiger partial charge in [-0.2, -0.15) is 4.98 Å². The zero-order chi connectivity index (χ0) is 14.7. The molecule has 1 aromatic heterocycles. The first-order valence-corrected chi connectivity index (χ1v) is 7.98. The van der Waals surface area contributed by atoms with E-state index in [2.05, 4.69) is 10.1 Å². The zero-order valence-corrected chi connectivity index (χ0v) is 12.7. The fourth-order valence-electron chi connectivity index (χ4n) is 3.40. The summed E-state index contributed by atoms with van der Waals surface area (Å²) in [4.78, 5) is 4.63. The standard InChI is InChI=1S/C15H25N3O3/c1-19-15(7-4-2-3-5-8-15)14-17-13(21-18-14)11-10-20-9-6-12(11)16/h11-12H,2-10,16H2,1H3. The lowest BCUT2D eigenvalue weighted by Gasteiger charge is -2.28. The van der Waals surface area contributed by atoms with Gasteiger partial charge in [0.1, 0.15) is 5.60 Å². The lowest BCUT2D eigenvalue weighted by atomic mass is 9.93. The molecule has 2 unspecified atom stereocenters. The first kappa shape index (κ1) is 14.9. The predicted molar refractivity (Wildman–Crippen MR) is 76.8 cm³/mol. The van der Waals surface area contributed by atoms with E-state index in [1.165, 1.54) is 12.8 Å². The van der Waals surface area contributed by atoms with Gasteiger partial charge in [-0.15, -0.1) is 0 Å². The van der Waals surface area contributed by atoms with E-state index < -0.39 is 5.60 Å². The van der Waals surface area contributed by atoms with Crippen LogP contribution in [0.15, 0.2) is 4.52 Å². The molecule has 1 aromatic rings. The van der Waals surface area contributed by atoms with Crippen LogP contribution >= 0.6 is 0 Å². The van der Waals surface area contributed by atoms with Crippen molar-refractivity contribution in [2.24, 2.45) is 5.73 Å². The van der Waals surface area contributed by atoms with E-state index in [1.807, 2.05) is 0 Å². The summed E-state index contributed by atoms with van der Waals surface area (Å²) in [6.07, 6.45) is 7.52. The van der Waals surface area contributed by atoms with E-state index in [4.69, 9.17) is 19.7 Å². The molecule has 0 spiro atoms. The molecule has 2 atom stereocenters. The highest BCUT2D eigenvalue weighted by Crippen LogP contribution is 2.38. The van der Waals surface area contributed by atoms with Crippen LogP contribution in [0.3, 0.4) is 0 Å². The minimum atomic E-state index is -0.391. The number of hydrogen-bond acceptors (Lipinski definition) is 6. The quantitative estimate of drug-likeness (QED) is 0.860. The number of hydrogen-bond donors (Lipinski definition) is 1. The SMILES string of the molecule is COC1(c2noc(C3COCCC3N)n2)CCCCCC1. The van der Waals surface area contributed by atoms with Gasteiger partial charge in [-0.3, -0.25) is 0 Å². The molecule has 1 aliphatic carbocycles. The molecule has 2 aliphatic rings. The van der Waals surface area contributed by atoms with Crippen molar-refractivity contribution < 1.29 is 14.0 Å². The van der Waals surface area contributed by atoms with Gasteiger partial charge < -0.3 is 19.7 Å². The Kier molecular flexibility index (Phi) is 4.57. The molecule has 2 N–H and O–H groups in total. The van der Waals surface area contributed by atoms with Crippen molar-refractivity contribution in [1.82, 2.24) is 10.1 Å². The summed E-state index contributed by atoms with van der Waals surface area (Å²) in [6, 6.07) is 0.0275. The first-order chi connectivity index (χ1) is 10.2. The molecule has 0 aromatic carbocycles. The number of ether oxygens (including phenoxy) is 2. The highest BCUT2D eigenvalue weighted by Gasteiger charge is 2.39. The second-order valence-electron chi connectivity index (χ2n) is 6.20. The average Bonchev–Trinajstić information content (AvgIpc) is 2.87. The van der Waals surface area contributed by atoms with Crippen LogP contribution in [0.5, 0.6) is 0 Å². The molecule has 0 bridgehead atoms. The summed E-state index contributed by atoms with van der Waals surface area (Å²) in [6.45, 7) is 1.27. The van der Waals surface area contributed by atoms with E-state index in [0.29, 0.717) is 24.9 Å². The summed E-state index contributed by atoms with van der Waals surface area (Å²) in [7, 11) is 1.75. The molecular formula is C15H25N3O3. The summed E-state index contributed by atoms with van der Waals surface area (Å²) < 4.78 is 16.8. The van der Waals surface area contributed by atoms with Crippen LogP contribution in [0.1, 0.15) is 62.6 Å². The van der Waals surface area contributed by atoms with Crippen molar-refractivity contribution in [1.29, 1.82) is 0 Å². The normalized spacial score (nSPS) is 30.0. The Morgan fingerprint density at radius 2 is 2.00 bits per heavy atom. The third-order valence-electron chi connectivity index (χ3n) is 4.88. The minimum absolute atomic E-state index is 0.000292. The Morgan fingerprint density at radius 1 is 1.24 bits per heavy atom. The summed E-state index contributed by atoms with van der Waals surface area (Å²) in [5.74, 6) is 1.28. The summed E-state index contributed by atoms with van der Waals surface area (Å²) >= 11 is 0. The van der Waals surface area contributed by atoms with Gasteiger partial charge in [0.15, 0.2) is 0 Å². The number of nitrogens with zero attached hydrogens (tertiary/aromatic N) is 2. The fourth-order valence-corrected chi connectivity index (χ4v) is 3.40. The Balaban J connectivity index is 1.82. The molecule has 0 radical (unpaired) electrons. The molecule has 21 heavy (non-hydrogen) atoms. The second kappa shape index (κ2) is 6.42. The maximum Gasteiger partial charge on any atom is 0.233 e. The van der Waals surface area contributed by atoms with Crippen LogP contribution in [0.2, 0.25) is 0 Å². The molecule has 2 fully saturated rings. The molecule has 6 heteroatoms. The van der Waals surface area contributed by atoms with Gasteiger partial charge >= 0.3 is 0 Å². The van der Waals surface area contributed by atoms with Crippen LogP contribution in [0.25, 0.3) is 0 Å². The largest absolute Gasteiger partial charge is 0.381 e. The molecule has 1 saturated heterocycles. The smallest absolute Gasteiger partial charge is 0.233 e. The van der Waals surface area contributed by atoms with Crippen molar-refractivity contribution in [3.8, 4) is 0 Å². The van der Waals surface area contributed by atoms with E-state index in [1.54, 1.807) is 7.11 Å². The van der Waals surface area contributed by atoms with Crippen molar-refractivity contribution in [3.05, 3.63) is 11.7 Å². The minimum Gasteiger partial charge on any atom is -0.381 e. The highest BCUT2D eigenvalue weighted by atomic mass is 16.5. The fraction of sp³-hybridized carbons (Fsp3) is 0.867. The van der Waals surface area contributed by atoms with Gasteiger partial charge in [-0.25, -0.2) is 0 Å². The second-order valence-corrected chi connectivity index (χ2v) is 6.20. The highest BCUT2D eigenvalue weighted by molar-refractivity contribution is 5.07. The molecule has 6 nitrogen and oxygen atoms in total. The number of methoxy groups -OCH3 is 1. The van der Waals surface area contributed by atoms with Gasteiger partial charge in [0.05, 0.1) is 12.5 Å². The molecule has 2 heterocycles. The molecule has 1 saturated carbocycles. The van der Waals surface area contributed by atoms with Crippen LogP contribution in [-0.2, 0) is 15.1 Å². The van der Waals surface area contributed by atoms with Gasteiger partial charge in [0.25, 0.3) is 0 Å². The molecule has 3 rings (SSSR count). The van der Waals surface area contributed by atoms with E-state index in [9.17, 15) is 0 Å². The zero-order valence-electron chi connectivity index (χ0n) is 12.7. The van der Waals surface area contributed by atoms with Gasteiger partial charge in [0.2, 0.25) is 11.7 Å². The van der Waals surface area contributed by atoms with Crippen molar-refractivity contribution in [2.75, 3.05) is 20.3 Å². The average molecular weight is 295 g/mol.